The van der Waals surface area contributed by atoms with Crippen LogP contribution in [0.2, 0.25) is 0 Å². The van der Waals surface area contributed by atoms with Gasteiger partial charge in [0, 0.05) is 27.2 Å². The number of rotatable bonds is 5. The van der Waals surface area contributed by atoms with E-state index in [0.717, 1.165) is 5.56 Å². The number of guanidine groups is 1. The van der Waals surface area contributed by atoms with Gasteiger partial charge in [-0.3, -0.25) is 4.99 Å². The minimum Gasteiger partial charge on any atom is -0.505 e. The summed E-state index contributed by atoms with van der Waals surface area (Å²) in [6.07, 6.45) is 0. The van der Waals surface area contributed by atoms with E-state index in [4.69, 9.17) is 4.74 Å². The summed E-state index contributed by atoms with van der Waals surface area (Å²) in [7, 11) is 4.86. The maximum Gasteiger partial charge on any atom is 0.193 e. The third kappa shape index (κ3) is 5.72. The fraction of sp³-hybridized carbons (Fsp3) is 0.278. The molecule has 8 heteroatoms. The number of methoxy groups -OCH3 is 1. The Morgan fingerprint density at radius 3 is 2.38 bits per heavy atom. The lowest BCUT2D eigenvalue weighted by Crippen LogP contribution is -2.38. The minimum atomic E-state index is -0.670. The number of aromatic hydroxyl groups is 1. The number of ether oxygens (including phenoxy) is 1. The van der Waals surface area contributed by atoms with Crippen LogP contribution in [0.4, 0.5) is 8.78 Å². The summed E-state index contributed by atoms with van der Waals surface area (Å²) < 4.78 is 32.1. The van der Waals surface area contributed by atoms with Crippen molar-refractivity contribution in [3.8, 4) is 11.5 Å². The van der Waals surface area contributed by atoms with E-state index in [9.17, 15) is 13.9 Å². The Morgan fingerprint density at radius 1 is 1.15 bits per heavy atom. The Labute approximate surface area is 168 Å². The number of hydrogen-bond donors (Lipinski definition) is 2. The Balaban J connectivity index is 0.00000338. The maximum absolute atomic E-state index is 13.8. The first-order chi connectivity index (χ1) is 11.9. The molecule has 0 spiro atoms. The zero-order valence-corrected chi connectivity index (χ0v) is 17.1. The molecule has 0 saturated carbocycles. The monoisotopic (exact) mass is 477 g/mol. The summed E-state index contributed by atoms with van der Waals surface area (Å²) in [5.74, 6) is -0.702. The normalized spacial score (nSPS) is 10.9. The van der Waals surface area contributed by atoms with Gasteiger partial charge in [0.15, 0.2) is 29.1 Å². The minimum absolute atomic E-state index is 0. The van der Waals surface area contributed by atoms with Crippen molar-refractivity contribution in [1.82, 2.24) is 10.2 Å². The third-order valence-corrected chi connectivity index (χ3v) is 3.67. The van der Waals surface area contributed by atoms with Gasteiger partial charge in [0.1, 0.15) is 0 Å². The lowest BCUT2D eigenvalue weighted by Gasteiger charge is -2.22. The zero-order valence-electron chi connectivity index (χ0n) is 14.8. The molecule has 142 valence electrons. The first-order valence-corrected chi connectivity index (χ1v) is 7.66. The van der Waals surface area contributed by atoms with Crippen LogP contribution >= 0.6 is 24.0 Å². The van der Waals surface area contributed by atoms with Gasteiger partial charge in [0.2, 0.25) is 0 Å². The summed E-state index contributed by atoms with van der Waals surface area (Å²) in [4.78, 5) is 5.98. The number of aliphatic imine (C=N–C) groups is 1. The molecular formula is C18H22F2IN3O2. The Hall–Kier alpha value is -2.10. The molecule has 26 heavy (non-hydrogen) atoms. The second kappa shape index (κ2) is 10.1. The molecular weight excluding hydrogens is 455 g/mol. The smallest absolute Gasteiger partial charge is 0.193 e. The molecule has 2 N–H and O–H groups in total. The second-order valence-electron chi connectivity index (χ2n) is 5.51. The molecule has 0 atom stereocenters. The lowest BCUT2D eigenvalue weighted by atomic mass is 10.2. The average molecular weight is 477 g/mol. The third-order valence-electron chi connectivity index (χ3n) is 3.67. The van der Waals surface area contributed by atoms with Crippen LogP contribution in [0.25, 0.3) is 0 Å². The van der Waals surface area contributed by atoms with Crippen LogP contribution in [0.1, 0.15) is 11.1 Å². The topological polar surface area (TPSA) is 57.1 Å². The summed E-state index contributed by atoms with van der Waals surface area (Å²) in [6, 6.07) is 8.96. The van der Waals surface area contributed by atoms with Crippen LogP contribution in [-0.2, 0) is 13.1 Å². The average Bonchev–Trinajstić information content (AvgIpc) is 2.58. The molecule has 2 aromatic rings. The van der Waals surface area contributed by atoms with Gasteiger partial charge < -0.3 is 20.1 Å². The Bertz CT molecular complexity index is 772. The van der Waals surface area contributed by atoms with Crippen LogP contribution < -0.4 is 10.1 Å². The van der Waals surface area contributed by atoms with Crippen LogP contribution in [0.5, 0.6) is 11.5 Å². The van der Waals surface area contributed by atoms with Crippen molar-refractivity contribution in [1.29, 1.82) is 0 Å². The second-order valence-corrected chi connectivity index (χ2v) is 5.51. The molecule has 0 fully saturated rings. The van der Waals surface area contributed by atoms with Gasteiger partial charge in [-0.05, 0) is 35.4 Å². The molecule has 0 saturated heterocycles. The first-order valence-electron chi connectivity index (χ1n) is 7.66. The van der Waals surface area contributed by atoms with Crippen molar-refractivity contribution in [3.63, 3.8) is 0 Å². The molecule has 2 rings (SSSR count). The van der Waals surface area contributed by atoms with Gasteiger partial charge in [0.25, 0.3) is 0 Å². The van der Waals surface area contributed by atoms with Crippen LogP contribution in [0.15, 0.2) is 41.4 Å². The SMILES string of the molecule is CN=C(NCc1ccc(O)c(F)c1)N(C)Cc1ccc(OC)c(F)c1.I. The van der Waals surface area contributed by atoms with Gasteiger partial charge in [-0.1, -0.05) is 12.1 Å². The van der Waals surface area contributed by atoms with Gasteiger partial charge >= 0.3 is 0 Å². The van der Waals surface area contributed by atoms with E-state index >= 15 is 0 Å². The summed E-state index contributed by atoms with van der Waals surface area (Å²) in [5.41, 5.74) is 1.43. The highest BCUT2D eigenvalue weighted by Crippen LogP contribution is 2.19. The molecule has 0 amide bonds. The zero-order chi connectivity index (χ0) is 18.4. The maximum atomic E-state index is 13.8. The molecule has 0 heterocycles. The van der Waals surface area contributed by atoms with E-state index < -0.39 is 11.6 Å². The fourth-order valence-corrected chi connectivity index (χ4v) is 2.38. The van der Waals surface area contributed by atoms with Crippen molar-refractivity contribution in [3.05, 3.63) is 59.2 Å². The number of nitrogens with zero attached hydrogens (tertiary/aromatic N) is 2. The van der Waals surface area contributed by atoms with Gasteiger partial charge in [0.05, 0.1) is 7.11 Å². The molecule has 0 unspecified atom stereocenters. The van der Waals surface area contributed by atoms with E-state index in [-0.39, 0.29) is 35.5 Å². The predicted octanol–water partition coefficient (Wildman–Crippen LogP) is 3.50. The largest absolute Gasteiger partial charge is 0.505 e. The molecule has 0 radical (unpaired) electrons. The van der Waals surface area contributed by atoms with Gasteiger partial charge in [-0.25, -0.2) is 8.78 Å². The summed E-state index contributed by atoms with van der Waals surface area (Å²) in [5, 5.41) is 12.3. The lowest BCUT2D eigenvalue weighted by molar-refractivity contribution is 0.385. The molecule has 0 aromatic heterocycles. The van der Waals surface area contributed by atoms with E-state index in [2.05, 4.69) is 10.3 Å². The Morgan fingerprint density at radius 2 is 1.81 bits per heavy atom. The van der Waals surface area contributed by atoms with Crippen LogP contribution in [-0.4, -0.2) is 37.2 Å². The number of phenolic OH excluding ortho intramolecular Hbond substituents is 1. The van der Waals surface area contributed by atoms with Gasteiger partial charge in [-0.2, -0.15) is 0 Å². The van der Waals surface area contributed by atoms with Crippen molar-refractivity contribution >= 4 is 29.9 Å². The first kappa shape index (κ1) is 21.9. The summed E-state index contributed by atoms with van der Waals surface area (Å²) >= 11 is 0. The molecule has 5 nitrogen and oxygen atoms in total. The van der Waals surface area contributed by atoms with E-state index in [1.165, 1.54) is 25.3 Å². The quantitative estimate of drug-likeness (QED) is 0.394. The highest BCUT2D eigenvalue weighted by atomic mass is 127. The number of benzene rings is 2. The van der Waals surface area contributed by atoms with Crippen LogP contribution in [0.3, 0.4) is 0 Å². The molecule has 0 aliphatic carbocycles. The van der Waals surface area contributed by atoms with Crippen molar-refractivity contribution < 1.29 is 18.6 Å². The van der Waals surface area contributed by atoms with Crippen molar-refractivity contribution in [2.24, 2.45) is 4.99 Å². The number of halogens is 3. The highest BCUT2D eigenvalue weighted by molar-refractivity contribution is 14.0. The van der Waals surface area contributed by atoms with E-state index in [1.54, 1.807) is 25.2 Å². The van der Waals surface area contributed by atoms with Crippen molar-refractivity contribution in [2.75, 3.05) is 21.2 Å². The number of nitrogens with one attached hydrogen (secondary N) is 1. The molecule has 0 aliphatic heterocycles. The molecule has 2 aromatic carbocycles. The van der Waals surface area contributed by atoms with Gasteiger partial charge in [-0.15, -0.1) is 24.0 Å². The highest BCUT2D eigenvalue weighted by Gasteiger charge is 2.10. The van der Waals surface area contributed by atoms with Crippen molar-refractivity contribution in [2.45, 2.75) is 13.1 Å². The fourth-order valence-electron chi connectivity index (χ4n) is 2.38. The van der Waals surface area contributed by atoms with Crippen LogP contribution in [0, 0.1) is 11.6 Å². The predicted molar refractivity (Wildman–Crippen MR) is 108 cm³/mol. The molecule has 0 bridgehead atoms. The Kier molecular flexibility index (Phi) is 8.56. The van der Waals surface area contributed by atoms with E-state index in [1.807, 2.05) is 11.9 Å². The summed E-state index contributed by atoms with van der Waals surface area (Å²) in [6.45, 7) is 0.774. The van der Waals surface area contributed by atoms with E-state index in [0.29, 0.717) is 24.6 Å². The number of hydrogen-bond acceptors (Lipinski definition) is 3. The number of phenols is 1. The standard InChI is InChI=1S/C18H21F2N3O2.HI/c1-21-18(22-10-12-4-6-16(24)14(19)8-12)23(2)11-13-5-7-17(25-3)15(20)9-13;/h4-9,24H,10-11H2,1-3H3,(H,21,22);1H. The molecule has 0 aliphatic rings.